The minimum Gasteiger partial charge on any atom is -0.399 e. The molecule has 3 nitrogen and oxygen atoms in total. The Balaban J connectivity index is 2.53. The van der Waals surface area contributed by atoms with Gasteiger partial charge < -0.3 is 15.4 Å². The van der Waals surface area contributed by atoms with Crippen molar-refractivity contribution in [3.8, 4) is 0 Å². The summed E-state index contributed by atoms with van der Waals surface area (Å²) in [5.74, 6) is 0. The number of nitrogens with zero attached hydrogens (tertiary/aromatic N) is 1. The van der Waals surface area contributed by atoms with Gasteiger partial charge in [0.25, 0.3) is 0 Å². The van der Waals surface area contributed by atoms with Crippen molar-refractivity contribution in [3.63, 3.8) is 0 Å². The Bertz CT molecular complexity index is 319. The van der Waals surface area contributed by atoms with Crippen LogP contribution in [0.25, 0.3) is 0 Å². The Morgan fingerprint density at radius 1 is 1.25 bits per heavy atom. The van der Waals surface area contributed by atoms with E-state index in [0.717, 1.165) is 18.7 Å². The minimum atomic E-state index is -0.0674. The van der Waals surface area contributed by atoms with E-state index in [9.17, 15) is 0 Å². The molecule has 0 saturated carbocycles. The zero-order valence-corrected chi connectivity index (χ0v) is 10.7. The molecule has 0 aromatic heterocycles. The summed E-state index contributed by atoms with van der Waals surface area (Å²) in [5.41, 5.74) is 7.57. The number of nitrogens with two attached hydrogens (primary N) is 1. The Kier molecular flexibility index (Phi) is 4.19. The highest BCUT2D eigenvalue weighted by Gasteiger charge is 2.16. The highest BCUT2D eigenvalue weighted by Crippen LogP contribution is 2.18. The highest BCUT2D eigenvalue weighted by molar-refractivity contribution is 5.52. The molecule has 2 N–H and O–H groups in total. The van der Waals surface area contributed by atoms with Crippen molar-refractivity contribution in [1.29, 1.82) is 0 Å². The van der Waals surface area contributed by atoms with Gasteiger partial charge in [0.2, 0.25) is 0 Å². The molecule has 0 saturated heterocycles. The molecule has 0 fully saturated rings. The summed E-state index contributed by atoms with van der Waals surface area (Å²) in [6.07, 6.45) is 0.990. The number of anilines is 2. The van der Waals surface area contributed by atoms with Gasteiger partial charge in [-0.15, -0.1) is 0 Å². The summed E-state index contributed by atoms with van der Waals surface area (Å²) in [6.45, 7) is 5.17. The molecule has 0 spiro atoms. The van der Waals surface area contributed by atoms with E-state index in [1.165, 1.54) is 5.69 Å². The molecule has 0 bridgehead atoms. The van der Waals surface area contributed by atoms with Crippen molar-refractivity contribution in [3.05, 3.63) is 24.3 Å². The molecule has 1 aromatic carbocycles. The fourth-order valence-electron chi connectivity index (χ4n) is 1.40. The predicted molar refractivity (Wildman–Crippen MR) is 69.8 cm³/mol. The Labute approximate surface area is 98.2 Å². The van der Waals surface area contributed by atoms with Crippen LogP contribution in [0.2, 0.25) is 0 Å². The molecule has 0 aliphatic heterocycles. The number of rotatable bonds is 5. The van der Waals surface area contributed by atoms with Crippen LogP contribution in [0.3, 0.4) is 0 Å². The average molecular weight is 222 g/mol. The molecule has 0 heterocycles. The lowest BCUT2D eigenvalue weighted by Crippen LogP contribution is -2.30. The van der Waals surface area contributed by atoms with Gasteiger partial charge >= 0.3 is 0 Å². The number of nitrogen functional groups attached to an aromatic ring is 1. The van der Waals surface area contributed by atoms with E-state index in [1.807, 2.05) is 24.3 Å². The largest absolute Gasteiger partial charge is 0.399 e. The standard InChI is InChI=1S/C13H22N2O/c1-13(2,16-4)9-10-15(3)12-7-5-11(14)6-8-12/h5-8H,9-10,14H2,1-4H3. The number of hydrogen-bond donors (Lipinski definition) is 1. The van der Waals surface area contributed by atoms with E-state index in [2.05, 4.69) is 25.8 Å². The van der Waals surface area contributed by atoms with Gasteiger partial charge in [0.15, 0.2) is 0 Å². The third kappa shape index (κ3) is 3.74. The van der Waals surface area contributed by atoms with Crippen LogP contribution in [-0.4, -0.2) is 26.3 Å². The Morgan fingerprint density at radius 2 is 1.81 bits per heavy atom. The van der Waals surface area contributed by atoms with Gasteiger partial charge in [0, 0.05) is 32.1 Å². The van der Waals surface area contributed by atoms with Crippen molar-refractivity contribution in [2.75, 3.05) is 31.3 Å². The summed E-state index contributed by atoms with van der Waals surface area (Å²) < 4.78 is 5.40. The van der Waals surface area contributed by atoms with Crippen molar-refractivity contribution in [1.82, 2.24) is 0 Å². The highest BCUT2D eigenvalue weighted by atomic mass is 16.5. The van der Waals surface area contributed by atoms with Gasteiger partial charge in [-0.25, -0.2) is 0 Å². The zero-order valence-electron chi connectivity index (χ0n) is 10.7. The first-order valence-corrected chi connectivity index (χ1v) is 5.56. The first kappa shape index (κ1) is 12.8. The third-order valence-electron chi connectivity index (χ3n) is 2.94. The minimum absolute atomic E-state index is 0.0674. The summed E-state index contributed by atoms with van der Waals surface area (Å²) in [7, 11) is 3.83. The summed E-state index contributed by atoms with van der Waals surface area (Å²) in [6, 6.07) is 7.92. The van der Waals surface area contributed by atoms with Crippen molar-refractivity contribution in [2.45, 2.75) is 25.9 Å². The van der Waals surface area contributed by atoms with Gasteiger partial charge in [-0.2, -0.15) is 0 Å². The average Bonchev–Trinajstić information content (AvgIpc) is 2.27. The van der Waals surface area contributed by atoms with E-state index >= 15 is 0 Å². The second kappa shape index (κ2) is 5.21. The number of methoxy groups -OCH3 is 1. The second-order valence-electron chi connectivity index (χ2n) is 4.73. The van der Waals surface area contributed by atoms with Crippen LogP contribution in [0, 0.1) is 0 Å². The molecule has 1 aromatic rings. The van der Waals surface area contributed by atoms with Crippen LogP contribution in [0.15, 0.2) is 24.3 Å². The molecule has 0 aliphatic rings. The van der Waals surface area contributed by atoms with Crippen molar-refractivity contribution in [2.24, 2.45) is 0 Å². The molecule has 0 radical (unpaired) electrons. The van der Waals surface area contributed by atoms with Gasteiger partial charge in [-0.05, 0) is 44.5 Å². The lowest BCUT2D eigenvalue weighted by atomic mass is 10.1. The van der Waals surface area contributed by atoms with Gasteiger partial charge in [0.1, 0.15) is 0 Å². The maximum Gasteiger partial charge on any atom is 0.0639 e. The number of hydrogen-bond acceptors (Lipinski definition) is 3. The van der Waals surface area contributed by atoms with Crippen molar-refractivity contribution < 1.29 is 4.74 Å². The molecular formula is C13H22N2O. The normalized spacial score (nSPS) is 11.5. The van der Waals surface area contributed by atoms with E-state index < -0.39 is 0 Å². The first-order chi connectivity index (χ1) is 7.44. The molecule has 90 valence electrons. The number of benzene rings is 1. The van der Waals surface area contributed by atoms with E-state index in [4.69, 9.17) is 10.5 Å². The molecule has 0 aliphatic carbocycles. The molecule has 3 heteroatoms. The Hall–Kier alpha value is -1.22. The monoisotopic (exact) mass is 222 g/mol. The van der Waals surface area contributed by atoms with Gasteiger partial charge in [-0.1, -0.05) is 0 Å². The summed E-state index contributed by atoms with van der Waals surface area (Å²) in [5, 5.41) is 0. The van der Waals surface area contributed by atoms with E-state index in [-0.39, 0.29) is 5.60 Å². The molecular weight excluding hydrogens is 200 g/mol. The fourth-order valence-corrected chi connectivity index (χ4v) is 1.40. The first-order valence-electron chi connectivity index (χ1n) is 5.56. The van der Waals surface area contributed by atoms with Crippen LogP contribution >= 0.6 is 0 Å². The van der Waals surface area contributed by atoms with Crippen molar-refractivity contribution >= 4 is 11.4 Å². The topological polar surface area (TPSA) is 38.5 Å². The molecule has 0 unspecified atom stereocenters. The van der Waals surface area contributed by atoms with E-state index in [0.29, 0.717) is 0 Å². The van der Waals surface area contributed by atoms with E-state index in [1.54, 1.807) is 7.11 Å². The summed E-state index contributed by atoms with van der Waals surface area (Å²) in [4.78, 5) is 2.21. The lowest BCUT2D eigenvalue weighted by molar-refractivity contribution is 0.0174. The van der Waals surface area contributed by atoms with Crippen LogP contribution in [0.4, 0.5) is 11.4 Å². The second-order valence-corrected chi connectivity index (χ2v) is 4.73. The fraction of sp³-hybridized carbons (Fsp3) is 0.538. The molecule has 0 atom stereocenters. The molecule has 16 heavy (non-hydrogen) atoms. The number of ether oxygens (including phenoxy) is 1. The smallest absolute Gasteiger partial charge is 0.0639 e. The zero-order chi connectivity index (χ0) is 12.2. The SMILES string of the molecule is COC(C)(C)CCN(C)c1ccc(N)cc1. The van der Waals surface area contributed by atoms with Gasteiger partial charge in [-0.3, -0.25) is 0 Å². The quantitative estimate of drug-likeness (QED) is 0.778. The maximum absolute atomic E-state index is 5.65. The van der Waals surface area contributed by atoms with Crippen LogP contribution in [0.1, 0.15) is 20.3 Å². The van der Waals surface area contributed by atoms with Crippen LogP contribution < -0.4 is 10.6 Å². The van der Waals surface area contributed by atoms with Gasteiger partial charge in [0.05, 0.1) is 5.60 Å². The molecule has 1 rings (SSSR count). The molecule has 0 amide bonds. The lowest BCUT2D eigenvalue weighted by Gasteiger charge is -2.27. The van der Waals surface area contributed by atoms with Crippen LogP contribution in [0.5, 0.6) is 0 Å². The predicted octanol–water partition coefficient (Wildman–Crippen LogP) is 2.52. The van der Waals surface area contributed by atoms with Crippen LogP contribution in [-0.2, 0) is 4.74 Å². The Morgan fingerprint density at radius 3 is 2.31 bits per heavy atom. The maximum atomic E-state index is 5.65. The summed E-state index contributed by atoms with van der Waals surface area (Å²) >= 11 is 0. The third-order valence-corrected chi connectivity index (χ3v) is 2.94.